The van der Waals surface area contributed by atoms with Gasteiger partial charge in [-0.05, 0) is 42.4 Å². The van der Waals surface area contributed by atoms with Gasteiger partial charge in [0.1, 0.15) is 6.04 Å². The van der Waals surface area contributed by atoms with E-state index in [9.17, 15) is 19.5 Å². The van der Waals surface area contributed by atoms with E-state index >= 15 is 0 Å². The molecule has 0 unspecified atom stereocenters. The summed E-state index contributed by atoms with van der Waals surface area (Å²) < 4.78 is 0. The lowest BCUT2D eigenvalue weighted by Crippen LogP contribution is -2.46. The van der Waals surface area contributed by atoms with Gasteiger partial charge in [-0.1, -0.05) is 26.0 Å². The van der Waals surface area contributed by atoms with Crippen LogP contribution in [0.25, 0.3) is 0 Å². The van der Waals surface area contributed by atoms with Crippen molar-refractivity contribution in [2.24, 2.45) is 41.4 Å². The van der Waals surface area contributed by atoms with Crippen molar-refractivity contribution in [3.05, 3.63) is 12.2 Å². The van der Waals surface area contributed by atoms with E-state index in [4.69, 9.17) is 0 Å². The van der Waals surface area contributed by atoms with Crippen molar-refractivity contribution in [3.8, 4) is 0 Å². The lowest BCUT2D eigenvalue weighted by Gasteiger charge is -2.37. The first-order valence-corrected chi connectivity index (χ1v) is 8.20. The van der Waals surface area contributed by atoms with Crippen LogP contribution in [0.2, 0.25) is 0 Å². The Labute approximate surface area is 129 Å². The minimum absolute atomic E-state index is 0.118. The molecule has 5 rings (SSSR count). The summed E-state index contributed by atoms with van der Waals surface area (Å²) in [6, 6.07) is -1.01. The number of hydrogen-bond donors (Lipinski definition) is 1. The monoisotopic (exact) mass is 303 g/mol. The maximum atomic E-state index is 12.8. The van der Waals surface area contributed by atoms with Crippen molar-refractivity contribution in [1.29, 1.82) is 0 Å². The molecule has 1 aliphatic heterocycles. The highest BCUT2D eigenvalue weighted by molar-refractivity contribution is 6.08. The molecule has 7 atom stereocenters. The van der Waals surface area contributed by atoms with Crippen LogP contribution in [0, 0.1) is 41.4 Å². The van der Waals surface area contributed by atoms with Crippen LogP contribution in [0.15, 0.2) is 12.2 Å². The summed E-state index contributed by atoms with van der Waals surface area (Å²) in [6.45, 7) is 3.82. The molecule has 5 heteroatoms. The number of nitrogens with zero attached hydrogens (tertiary/aromatic N) is 1. The molecule has 0 aromatic heterocycles. The number of likely N-dealkylation sites (tertiary alicyclic amines) is 1. The maximum Gasteiger partial charge on any atom is 0.326 e. The fourth-order valence-corrected chi connectivity index (χ4v) is 5.05. The molecule has 0 radical (unpaired) electrons. The van der Waals surface area contributed by atoms with E-state index in [0.29, 0.717) is 18.3 Å². The first-order chi connectivity index (χ1) is 10.4. The quantitative estimate of drug-likeness (QED) is 0.631. The van der Waals surface area contributed by atoms with Crippen LogP contribution in [0.5, 0.6) is 0 Å². The number of carbonyl (C=O) groups is 3. The van der Waals surface area contributed by atoms with Gasteiger partial charge in [0, 0.05) is 0 Å². The SMILES string of the molecule is CC(C)C[C@H](C(=O)O)N1C(=O)[C@H]2[C@@H]3C=C[C@H]([C@H]4C[C@H]34)[C@@H]2C1=O. The fraction of sp³-hybridized carbons (Fsp3) is 0.706. The van der Waals surface area contributed by atoms with Gasteiger partial charge in [-0.2, -0.15) is 0 Å². The van der Waals surface area contributed by atoms with Crippen LogP contribution in [-0.2, 0) is 14.4 Å². The van der Waals surface area contributed by atoms with Crippen LogP contribution < -0.4 is 0 Å². The number of carboxylic acids is 1. The van der Waals surface area contributed by atoms with Crippen molar-refractivity contribution < 1.29 is 19.5 Å². The Morgan fingerprint density at radius 2 is 1.68 bits per heavy atom. The second-order valence-electron chi connectivity index (χ2n) is 7.68. The Bertz CT molecular complexity index is 559. The second-order valence-corrected chi connectivity index (χ2v) is 7.68. The molecule has 0 aromatic carbocycles. The van der Waals surface area contributed by atoms with Crippen LogP contribution in [0.3, 0.4) is 0 Å². The van der Waals surface area contributed by atoms with Gasteiger partial charge in [0.2, 0.25) is 11.8 Å². The average molecular weight is 303 g/mol. The van der Waals surface area contributed by atoms with Crippen LogP contribution in [0.4, 0.5) is 0 Å². The third kappa shape index (κ3) is 1.68. The van der Waals surface area contributed by atoms with E-state index in [2.05, 4.69) is 12.2 Å². The highest BCUT2D eigenvalue weighted by atomic mass is 16.4. The third-order valence-electron chi connectivity index (χ3n) is 5.99. The summed E-state index contributed by atoms with van der Waals surface area (Å²) >= 11 is 0. The number of rotatable bonds is 4. The first-order valence-electron chi connectivity index (χ1n) is 8.20. The van der Waals surface area contributed by atoms with Gasteiger partial charge in [-0.15, -0.1) is 0 Å². The lowest BCUT2D eigenvalue weighted by molar-refractivity contribution is -0.155. The van der Waals surface area contributed by atoms with Gasteiger partial charge in [0.15, 0.2) is 0 Å². The number of imide groups is 1. The van der Waals surface area contributed by atoms with Crippen LogP contribution >= 0.6 is 0 Å². The van der Waals surface area contributed by atoms with Gasteiger partial charge in [-0.3, -0.25) is 14.5 Å². The largest absolute Gasteiger partial charge is 0.480 e. The summed E-state index contributed by atoms with van der Waals surface area (Å²) in [5.41, 5.74) is 0. The Kier molecular flexibility index (Phi) is 2.81. The van der Waals surface area contributed by atoms with E-state index in [1.807, 2.05) is 13.8 Å². The van der Waals surface area contributed by atoms with Gasteiger partial charge in [-0.25, -0.2) is 4.79 Å². The summed E-state index contributed by atoms with van der Waals surface area (Å²) in [7, 11) is 0. The van der Waals surface area contributed by atoms with E-state index in [1.165, 1.54) is 0 Å². The van der Waals surface area contributed by atoms with Crippen LogP contribution in [-0.4, -0.2) is 33.8 Å². The van der Waals surface area contributed by atoms with Crippen molar-refractivity contribution in [3.63, 3.8) is 0 Å². The molecule has 0 spiro atoms. The summed E-state index contributed by atoms with van der Waals surface area (Å²) in [5, 5.41) is 9.50. The van der Waals surface area contributed by atoms with E-state index < -0.39 is 12.0 Å². The summed E-state index contributed by atoms with van der Waals surface area (Å²) in [6.07, 6.45) is 5.64. The summed E-state index contributed by atoms with van der Waals surface area (Å²) in [4.78, 5) is 38.4. The van der Waals surface area contributed by atoms with Gasteiger partial charge >= 0.3 is 5.97 Å². The predicted octanol–water partition coefficient (Wildman–Crippen LogP) is 1.54. The highest BCUT2D eigenvalue weighted by Gasteiger charge is 2.67. The number of aliphatic carboxylic acids is 1. The molecule has 2 bridgehead atoms. The van der Waals surface area contributed by atoms with Crippen LogP contribution in [0.1, 0.15) is 26.7 Å². The molecule has 1 saturated heterocycles. The lowest BCUT2D eigenvalue weighted by atomic mass is 9.63. The van der Waals surface area contributed by atoms with E-state index in [1.54, 1.807) is 0 Å². The Morgan fingerprint density at radius 1 is 1.18 bits per heavy atom. The highest BCUT2D eigenvalue weighted by Crippen LogP contribution is 2.65. The van der Waals surface area contributed by atoms with Gasteiger partial charge in [0.05, 0.1) is 11.8 Å². The first kappa shape index (κ1) is 14.0. The van der Waals surface area contributed by atoms with E-state index in [0.717, 1.165) is 11.3 Å². The number of hydrogen-bond acceptors (Lipinski definition) is 3. The molecule has 3 fully saturated rings. The topological polar surface area (TPSA) is 74.7 Å². The molecular weight excluding hydrogens is 282 g/mol. The predicted molar refractivity (Wildman–Crippen MR) is 77.4 cm³/mol. The fourth-order valence-electron chi connectivity index (χ4n) is 5.05. The molecule has 1 heterocycles. The van der Waals surface area contributed by atoms with Crippen molar-refractivity contribution in [1.82, 2.24) is 4.90 Å². The third-order valence-corrected chi connectivity index (χ3v) is 5.99. The van der Waals surface area contributed by atoms with Gasteiger partial charge < -0.3 is 5.11 Å². The van der Waals surface area contributed by atoms with Crippen molar-refractivity contribution >= 4 is 17.8 Å². The van der Waals surface area contributed by atoms with Crippen molar-refractivity contribution in [2.75, 3.05) is 0 Å². The molecule has 5 aliphatic rings. The molecule has 2 saturated carbocycles. The summed E-state index contributed by atoms with van der Waals surface area (Å²) in [5.74, 6) is -0.666. The van der Waals surface area contributed by atoms with Crippen molar-refractivity contribution in [2.45, 2.75) is 32.7 Å². The molecule has 118 valence electrons. The average Bonchev–Trinajstić information content (AvgIpc) is 3.22. The molecular formula is C17H21NO4. The number of carboxylic acid groups (broad SMARTS) is 1. The minimum Gasteiger partial charge on any atom is -0.480 e. The number of amides is 2. The number of carbonyl (C=O) groups excluding carboxylic acids is 2. The zero-order valence-electron chi connectivity index (χ0n) is 12.8. The number of allylic oxidation sites excluding steroid dienone is 2. The second kappa shape index (κ2) is 4.43. The Hall–Kier alpha value is -1.65. The minimum atomic E-state index is -1.07. The molecule has 1 N–H and O–H groups in total. The normalized spacial score (nSPS) is 42.6. The molecule has 0 aromatic rings. The molecule has 22 heavy (non-hydrogen) atoms. The Morgan fingerprint density at radius 3 is 2.09 bits per heavy atom. The molecule has 5 nitrogen and oxygen atoms in total. The zero-order chi connectivity index (χ0) is 15.8. The standard InChI is InChI=1S/C17H21NO4/c1-7(2)5-12(17(21)22)18-15(19)13-8-3-4-9(11-6-10(8)11)14(13)16(18)20/h3-4,7-14H,5-6H2,1-2H3,(H,21,22)/t8-,9-,10-,11-,12-,13+,14+/m1/s1. The van der Waals surface area contributed by atoms with E-state index in [-0.39, 0.29) is 41.4 Å². The Balaban J connectivity index is 1.68. The maximum absolute atomic E-state index is 12.8. The smallest absolute Gasteiger partial charge is 0.326 e. The molecule has 4 aliphatic carbocycles. The molecule has 2 amide bonds. The zero-order valence-corrected chi connectivity index (χ0v) is 12.8. The van der Waals surface area contributed by atoms with Gasteiger partial charge in [0.25, 0.3) is 0 Å².